The third-order valence-electron chi connectivity index (χ3n) is 3.97. The van der Waals surface area contributed by atoms with Crippen molar-refractivity contribution in [3.63, 3.8) is 0 Å². The molecule has 6 heteroatoms. The summed E-state index contributed by atoms with van der Waals surface area (Å²) in [5.74, 6) is 0.0333. The van der Waals surface area contributed by atoms with E-state index >= 15 is 0 Å². The van der Waals surface area contributed by atoms with Crippen LogP contribution in [0.25, 0.3) is 0 Å². The Morgan fingerprint density at radius 1 is 1.25 bits per heavy atom. The highest BCUT2D eigenvalue weighted by Crippen LogP contribution is 2.19. The fourth-order valence-corrected chi connectivity index (χ4v) is 3.32. The molecule has 1 saturated heterocycles. The normalized spacial score (nSPS) is 17.6. The molecule has 2 heterocycles. The van der Waals surface area contributed by atoms with E-state index in [1.807, 2.05) is 49.1 Å². The number of carbonyl (C=O) groups excluding carboxylic acids is 1. The molecule has 1 aliphatic rings. The van der Waals surface area contributed by atoms with Crippen molar-refractivity contribution in [2.24, 2.45) is 0 Å². The van der Waals surface area contributed by atoms with Crippen molar-refractivity contribution >= 4 is 21.8 Å². The fraction of sp³-hybridized carbons (Fsp3) is 0.389. The predicted octanol–water partition coefficient (Wildman–Crippen LogP) is 3.54. The molecule has 0 radical (unpaired) electrons. The number of aromatic nitrogens is 2. The number of halogens is 1. The summed E-state index contributed by atoms with van der Waals surface area (Å²) < 4.78 is 6.84. The fourth-order valence-electron chi connectivity index (χ4n) is 2.92. The van der Waals surface area contributed by atoms with Crippen LogP contribution < -0.4 is 4.74 Å². The molecule has 0 spiro atoms. The monoisotopic (exact) mass is 389 g/mol. The SMILES string of the molecule is Cc1cc(C)nc(OC2CCCN(C(=O)c3cccc(Br)c3)C2)n1. The van der Waals surface area contributed by atoms with Crippen molar-refractivity contribution in [2.75, 3.05) is 13.1 Å². The van der Waals surface area contributed by atoms with E-state index in [0.29, 0.717) is 18.1 Å². The molecule has 0 bridgehead atoms. The van der Waals surface area contributed by atoms with Crippen molar-refractivity contribution in [1.82, 2.24) is 14.9 Å². The molecule has 1 fully saturated rings. The number of hydrogen-bond acceptors (Lipinski definition) is 4. The Hall–Kier alpha value is -1.95. The van der Waals surface area contributed by atoms with Gasteiger partial charge in [0, 0.05) is 28.0 Å². The van der Waals surface area contributed by atoms with Gasteiger partial charge in [0.15, 0.2) is 0 Å². The Balaban J connectivity index is 1.69. The Kier molecular flexibility index (Phi) is 5.14. The molecule has 1 amide bonds. The zero-order chi connectivity index (χ0) is 17.1. The van der Waals surface area contributed by atoms with Gasteiger partial charge in [0.25, 0.3) is 5.91 Å². The van der Waals surface area contributed by atoms with E-state index < -0.39 is 0 Å². The van der Waals surface area contributed by atoms with Gasteiger partial charge >= 0.3 is 6.01 Å². The number of likely N-dealkylation sites (tertiary alicyclic amines) is 1. The van der Waals surface area contributed by atoms with Crippen molar-refractivity contribution < 1.29 is 9.53 Å². The molecule has 5 nitrogen and oxygen atoms in total. The van der Waals surface area contributed by atoms with Crippen LogP contribution >= 0.6 is 15.9 Å². The molecule has 3 rings (SSSR count). The van der Waals surface area contributed by atoms with Crippen LogP contribution in [0.1, 0.15) is 34.6 Å². The molecular formula is C18H20BrN3O2. The lowest BCUT2D eigenvalue weighted by Crippen LogP contribution is -2.44. The summed E-state index contributed by atoms with van der Waals surface area (Å²) in [5.41, 5.74) is 2.46. The van der Waals surface area contributed by atoms with Gasteiger partial charge in [-0.15, -0.1) is 0 Å². The third-order valence-corrected chi connectivity index (χ3v) is 4.46. The number of benzene rings is 1. The smallest absolute Gasteiger partial charge is 0.317 e. The summed E-state index contributed by atoms with van der Waals surface area (Å²) in [6.45, 7) is 5.15. The second kappa shape index (κ2) is 7.30. The van der Waals surface area contributed by atoms with E-state index in [1.54, 1.807) is 0 Å². The first-order chi connectivity index (χ1) is 11.5. The first-order valence-electron chi connectivity index (χ1n) is 8.05. The van der Waals surface area contributed by atoms with Gasteiger partial charge in [0.1, 0.15) is 6.10 Å². The lowest BCUT2D eigenvalue weighted by molar-refractivity contribution is 0.0515. The topological polar surface area (TPSA) is 55.3 Å². The number of aryl methyl sites for hydroxylation is 2. The minimum atomic E-state index is -0.0731. The molecule has 24 heavy (non-hydrogen) atoms. The highest BCUT2D eigenvalue weighted by Gasteiger charge is 2.26. The van der Waals surface area contributed by atoms with Gasteiger partial charge in [0.2, 0.25) is 0 Å². The number of carbonyl (C=O) groups is 1. The van der Waals surface area contributed by atoms with Crippen LogP contribution in [-0.4, -0.2) is 40.0 Å². The first kappa shape index (κ1) is 16.9. The summed E-state index contributed by atoms with van der Waals surface area (Å²) in [7, 11) is 0. The molecule has 0 aliphatic carbocycles. The average Bonchev–Trinajstić information content (AvgIpc) is 2.53. The van der Waals surface area contributed by atoms with Crippen LogP contribution in [0.4, 0.5) is 0 Å². The van der Waals surface area contributed by atoms with E-state index in [-0.39, 0.29) is 12.0 Å². The molecule has 1 aromatic carbocycles. The highest BCUT2D eigenvalue weighted by molar-refractivity contribution is 9.10. The molecule has 0 N–H and O–H groups in total. The van der Waals surface area contributed by atoms with E-state index in [1.165, 1.54) is 0 Å². The summed E-state index contributed by atoms with van der Waals surface area (Å²) >= 11 is 3.41. The van der Waals surface area contributed by atoms with Crippen molar-refractivity contribution in [1.29, 1.82) is 0 Å². The van der Waals surface area contributed by atoms with Gasteiger partial charge in [0.05, 0.1) is 6.54 Å². The summed E-state index contributed by atoms with van der Waals surface area (Å²) in [6, 6.07) is 9.78. The van der Waals surface area contributed by atoms with Gasteiger partial charge < -0.3 is 9.64 Å². The predicted molar refractivity (Wildman–Crippen MR) is 95.2 cm³/mol. The highest BCUT2D eigenvalue weighted by atomic mass is 79.9. The minimum absolute atomic E-state index is 0.0333. The molecule has 2 aromatic rings. The summed E-state index contributed by atoms with van der Waals surface area (Å²) in [4.78, 5) is 23.2. The molecule has 0 saturated carbocycles. The van der Waals surface area contributed by atoms with Gasteiger partial charge in [-0.2, -0.15) is 0 Å². The Morgan fingerprint density at radius 3 is 2.71 bits per heavy atom. The molecule has 126 valence electrons. The quantitative estimate of drug-likeness (QED) is 0.805. The van der Waals surface area contributed by atoms with Crippen molar-refractivity contribution in [2.45, 2.75) is 32.8 Å². The number of hydrogen-bond donors (Lipinski definition) is 0. The largest absolute Gasteiger partial charge is 0.458 e. The van der Waals surface area contributed by atoms with E-state index in [0.717, 1.165) is 35.2 Å². The zero-order valence-corrected chi connectivity index (χ0v) is 15.4. The average molecular weight is 390 g/mol. The number of piperidine rings is 1. The number of rotatable bonds is 3. The number of nitrogens with zero attached hydrogens (tertiary/aromatic N) is 3. The second-order valence-electron chi connectivity index (χ2n) is 6.08. The molecule has 1 unspecified atom stereocenters. The second-order valence-corrected chi connectivity index (χ2v) is 6.99. The van der Waals surface area contributed by atoms with Crippen molar-refractivity contribution in [3.05, 3.63) is 51.8 Å². The number of ether oxygens (including phenoxy) is 1. The van der Waals surface area contributed by atoms with Crippen molar-refractivity contribution in [3.8, 4) is 6.01 Å². The Morgan fingerprint density at radius 2 is 2.00 bits per heavy atom. The summed E-state index contributed by atoms with van der Waals surface area (Å²) in [6.07, 6.45) is 1.74. The number of amides is 1. The van der Waals surface area contributed by atoms with Crippen LogP contribution in [0.3, 0.4) is 0 Å². The van der Waals surface area contributed by atoms with Gasteiger partial charge in [-0.05, 0) is 51.0 Å². The maximum atomic E-state index is 12.7. The van der Waals surface area contributed by atoms with Gasteiger partial charge in [-0.3, -0.25) is 4.79 Å². The lowest BCUT2D eigenvalue weighted by atomic mass is 10.1. The first-order valence-corrected chi connectivity index (χ1v) is 8.84. The summed E-state index contributed by atoms with van der Waals surface area (Å²) in [5, 5.41) is 0. The Bertz CT molecular complexity index is 731. The maximum Gasteiger partial charge on any atom is 0.317 e. The minimum Gasteiger partial charge on any atom is -0.458 e. The van der Waals surface area contributed by atoms with Crippen LogP contribution in [0.5, 0.6) is 6.01 Å². The maximum absolute atomic E-state index is 12.7. The van der Waals surface area contributed by atoms with E-state index in [4.69, 9.17) is 4.74 Å². The van der Waals surface area contributed by atoms with E-state index in [2.05, 4.69) is 25.9 Å². The lowest BCUT2D eigenvalue weighted by Gasteiger charge is -2.32. The molecule has 1 aromatic heterocycles. The van der Waals surface area contributed by atoms with Gasteiger partial charge in [-0.25, -0.2) is 9.97 Å². The molecule has 1 atom stereocenters. The standard InChI is InChI=1S/C18H20BrN3O2/c1-12-9-13(2)21-18(20-12)24-16-7-4-8-22(11-16)17(23)14-5-3-6-15(19)10-14/h3,5-6,9-10,16H,4,7-8,11H2,1-2H3. The molecule has 1 aliphatic heterocycles. The van der Waals surface area contributed by atoms with Crippen LogP contribution in [-0.2, 0) is 0 Å². The Labute approximate surface area is 150 Å². The van der Waals surface area contributed by atoms with Gasteiger partial charge in [-0.1, -0.05) is 22.0 Å². The zero-order valence-electron chi connectivity index (χ0n) is 13.8. The van der Waals surface area contributed by atoms with Crippen LogP contribution in [0, 0.1) is 13.8 Å². The van der Waals surface area contributed by atoms with Crippen LogP contribution in [0.2, 0.25) is 0 Å². The van der Waals surface area contributed by atoms with Crippen LogP contribution in [0.15, 0.2) is 34.8 Å². The third kappa shape index (κ3) is 4.12. The molecular weight excluding hydrogens is 370 g/mol. The van der Waals surface area contributed by atoms with E-state index in [9.17, 15) is 4.79 Å².